The van der Waals surface area contributed by atoms with Crippen LogP contribution in [0.15, 0.2) is 30.5 Å². The number of carbonyl (C=O) groups is 4. The van der Waals surface area contributed by atoms with Gasteiger partial charge in [0.15, 0.2) is 11.4 Å². The Hall–Kier alpha value is -3.47. The molecular formula is C18H21N5O5S. The van der Waals surface area contributed by atoms with Crippen LogP contribution < -0.4 is 21.7 Å². The molecule has 0 saturated heterocycles. The molecule has 0 aliphatic carbocycles. The SMILES string of the molecule is C[C@H](NC(=O)CNc1ncc(C=O)s1)C(=O)N[C@@H](Cc1ccc(O)cc1)C(N)=O. The highest BCUT2D eigenvalue weighted by molar-refractivity contribution is 7.17. The van der Waals surface area contributed by atoms with Crippen molar-refractivity contribution in [3.05, 3.63) is 40.9 Å². The highest BCUT2D eigenvalue weighted by atomic mass is 32.1. The zero-order valence-corrected chi connectivity index (χ0v) is 16.4. The summed E-state index contributed by atoms with van der Waals surface area (Å²) in [6, 6.07) is 4.28. The van der Waals surface area contributed by atoms with Crippen LogP contribution >= 0.6 is 11.3 Å². The molecule has 2 atom stereocenters. The van der Waals surface area contributed by atoms with Crippen molar-refractivity contribution in [2.75, 3.05) is 11.9 Å². The topological polar surface area (TPSA) is 164 Å². The van der Waals surface area contributed by atoms with Crippen LogP contribution in [0.3, 0.4) is 0 Å². The molecule has 1 aromatic carbocycles. The number of hydrogen-bond acceptors (Lipinski definition) is 8. The maximum Gasteiger partial charge on any atom is 0.242 e. The average Bonchev–Trinajstić information content (AvgIpc) is 3.15. The van der Waals surface area contributed by atoms with Gasteiger partial charge >= 0.3 is 0 Å². The van der Waals surface area contributed by atoms with Crippen LogP contribution in [0.4, 0.5) is 5.13 Å². The molecule has 6 N–H and O–H groups in total. The van der Waals surface area contributed by atoms with E-state index >= 15 is 0 Å². The number of rotatable bonds is 10. The highest BCUT2D eigenvalue weighted by Gasteiger charge is 2.23. The van der Waals surface area contributed by atoms with Crippen molar-refractivity contribution in [1.29, 1.82) is 0 Å². The fourth-order valence-corrected chi connectivity index (χ4v) is 2.95. The summed E-state index contributed by atoms with van der Waals surface area (Å²) in [6.07, 6.45) is 2.18. The highest BCUT2D eigenvalue weighted by Crippen LogP contribution is 2.15. The summed E-state index contributed by atoms with van der Waals surface area (Å²) in [5.74, 6) is -1.68. The van der Waals surface area contributed by atoms with E-state index in [1.165, 1.54) is 25.3 Å². The Morgan fingerprint density at radius 2 is 1.93 bits per heavy atom. The van der Waals surface area contributed by atoms with E-state index in [2.05, 4.69) is 20.9 Å². The second-order valence-corrected chi connectivity index (χ2v) is 7.22. The predicted molar refractivity (Wildman–Crippen MR) is 107 cm³/mol. The van der Waals surface area contributed by atoms with E-state index in [-0.39, 0.29) is 18.7 Å². The Morgan fingerprint density at radius 3 is 2.52 bits per heavy atom. The molecule has 11 heteroatoms. The minimum Gasteiger partial charge on any atom is -0.508 e. The lowest BCUT2D eigenvalue weighted by Gasteiger charge is -2.19. The average molecular weight is 419 g/mol. The standard InChI is InChI=1S/C18H21N5O5S/c1-10(22-15(26)8-21-18-20-7-13(9-24)29-18)17(28)23-14(16(19)27)6-11-2-4-12(25)5-3-11/h2-5,7,9-10,14,25H,6,8H2,1H3,(H2,19,27)(H,20,21)(H,22,26)(H,23,28)/t10-,14-/m0/s1. The minimum absolute atomic E-state index is 0.0819. The molecule has 0 aliphatic rings. The van der Waals surface area contributed by atoms with Gasteiger partial charge in [-0.05, 0) is 24.6 Å². The number of amides is 3. The van der Waals surface area contributed by atoms with E-state index in [1.54, 1.807) is 12.1 Å². The Morgan fingerprint density at radius 1 is 1.24 bits per heavy atom. The van der Waals surface area contributed by atoms with Crippen molar-refractivity contribution >= 4 is 40.5 Å². The number of carbonyl (C=O) groups excluding carboxylic acids is 4. The van der Waals surface area contributed by atoms with Crippen molar-refractivity contribution in [2.24, 2.45) is 5.73 Å². The number of aldehydes is 1. The Balaban J connectivity index is 1.84. The first kappa shape index (κ1) is 21.8. The van der Waals surface area contributed by atoms with Crippen LogP contribution in [0.25, 0.3) is 0 Å². The molecule has 2 aromatic rings. The molecule has 29 heavy (non-hydrogen) atoms. The van der Waals surface area contributed by atoms with Gasteiger partial charge in [-0.2, -0.15) is 0 Å². The molecule has 154 valence electrons. The zero-order valence-electron chi connectivity index (χ0n) is 15.5. The summed E-state index contributed by atoms with van der Waals surface area (Å²) in [7, 11) is 0. The lowest BCUT2D eigenvalue weighted by atomic mass is 10.0. The van der Waals surface area contributed by atoms with Crippen LogP contribution in [0.1, 0.15) is 22.2 Å². The van der Waals surface area contributed by atoms with Gasteiger partial charge < -0.3 is 26.8 Å². The number of aromatic hydroxyl groups is 1. The lowest BCUT2D eigenvalue weighted by Crippen LogP contribution is -2.53. The number of thiazole rings is 1. The summed E-state index contributed by atoms with van der Waals surface area (Å²) in [4.78, 5) is 50.9. The van der Waals surface area contributed by atoms with Gasteiger partial charge in [-0.25, -0.2) is 4.98 Å². The van der Waals surface area contributed by atoms with E-state index in [9.17, 15) is 24.3 Å². The fourth-order valence-electron chi connectivity index (χ4n) is 2.32. The summed E-state index contributed by atoms with van der Waals surface area (Å²) >= 11 is 1.10. The Labute approximate surface area is 170 Å². The van der Waals surface area contributed by atoms with Gasteiger partial charge in [-0.1, -0.05) is 23.5 Å². The summed E-state index contributed by atoms with van der Waals surface area (Å²) in [6.45, 7) is 1.33. The van der Waals surface area contributed by atoms with Crippen LogP contribution in [0, 0.1) is 0 Å². The molecule has 0 saturated carbocycles. The number of benzene rings is 1. The first-order chi connectivity index (χ1) is 13.8. The molecule has 2 rings (SSSR count). The first-order valence-corrected chi connectivity index (χ1v) is 9.42. The summed E-state index contributed by atoms with van der Waals surface area (Å²) in [5, 5.41) is 17.5. The minimum atomic E-state index is -0.971. The van der Waals surface area contributed by atoms with Gasteiger partial charge in [0.2, 0.25) is 17.7 Å². The normalized spacial score (nSPS) is 12.4. The number of nitrogens with two attached hydrogens (primary N) is 1. The molecule has 0 aliphatic heterocycles. The summed E-state index contributed by atoms with van der Waals surface area (Å²) < 4.78 is 0. The zero-order chi connectivity index (χ0) is 21.4. The van der Waals surface area contributed by atoms with E-state index in [0.29, 0.717) is 21.9 Å². The first-order valence-electron chi connectivity index (χ1n) is 8.60. The number of primary amides is 1. The maximum absolute atomic E-state index is 12.3. The number of aromatic nitrogens is 1. The molecule has 10 nitrogen and oxygen atoms in total. The molecule has 1 heterocycles. The van der Waals surface area contributed by atoms with E-state index in [4.69, 9.17) is 5.73 Å². The number of nitrogens with zero attached hydrogens (tertiary/aromatic N) is 1. The molecule has 1 aromatic heterocycles. The quantitative estimate of drug-likeness (QED) is 0.333. The summed E-state index contributed by atoms with van der Waals surface area (Å²) in [5.41, 5.74) is 6.06. The third-order valence-electron chi connectivity index (χ3n) is 3.85. The third-order valence-corrected chi connectivity index (χ3v) is 4.73. The van der Waals surface area contributed by atoms with Crippen molar-refractivity contribution in [1.82, 2.24) is 15.6 Å². The van der Waals surface area contributed by atoms with Crippen LogP contribution in [0.5, 0.6) is 5.75 Å². The van der Waals surface area contributed by atoms with E-state index < -0.39 is 29.8 Å². The van der Waals surface area contributed by atoms with E-state index in [1.807, 2.05) is 0 Å². The second kappa shape index (κ2) is 10.2. The van der Waals surface area contributed by atoms with Gasteiger partial charge in [-0.15, -0.1) is 0 Å². The largest absolute Gasteiger partial charge is 0.508 e. The van der Waals surface area contributed by atoms with Gasteiger partial charge in [0, 0.05) is 6.42 Å². The molecule has 0 fully saturated rings. The second-order valence-electron chi connectivity index (χ2n) is 6.16. The van der Waals surface area contributed by atoms with Crippen LogP contribution in [-0.2, 0) is 20.8 Å². The monoisotopic (exact) mass is 419 g/mol. The fraction of sp³-hybridized carbons (Fsp3) is 0.278. The van der Waals surface area contributed by atoms with Gasteiger partial charge in [0.05, 0.1) is 17.6 Å². The van der Waals surface area contributed by atoms with Crippen molar-refractivity contribution < 1.29 is 24.3 Å². The van der Waals surface area contributed by atoms with Gasteiger partial charge in [-0.3, -0.25) is 19.2 Å². The Bertz CT molecular complexity index is 883. The van der Waals surface area contributed by atoms with Crippen molar-refractivity contribution in [3.63, 3.8) is 0 Å². The van der Waals surface area contributed by atoms with Crippen LogP contribution in [0.2, 0.25) is 0 Å². The molecule has 0 radical (unpaired) electrons. The molecule has 0 unspecified atom stereocenters. The maximum atomic E-state index is 12.3. The van der Waals surface area contributed by atoms with Crippen LogP contribution in [-0.4, -0.2) is 52.7 Å². The predicted octanol–water partition coefficient (Wildman–Crippen LogP) is -0.209. The smallest absolute Gasteiger partial charge is 0.242 e. The molecule has 3 amide bonds. The third kappa shape index (κ3) is 6.88. The number of phenols is 1. The number of hydrogen-bond donors (Lipinski definition) is 5. The molecular weight excluding hydrogens is 398 g/mol. The molecule has 0 bridgehead atoms. The van der Waals surface area contributed by atoms with E-state index in [0.717, 1.165) is 11.3 Å². The number of phenolic OH excluding ortho intramolecular Hbond substituents is 1. The van der Waals surface area contributed by atoms with Crippen molar-refractivity contribution in [2.45, 2.75) is 25.4 Å². The number of nitrogens with one attached hydrogen (secondary N) is 3. The Kier molecular flexibility index (Phi) is 7.66. The van der Waals surface area contributed by atoms with Gasteiger partial charge in [0.1, 0.15) is 17.8 Å². The van der Waals surface area contributed by atoms with Crippen molar-refractivity contribution in [3.8, 4) is 5.75 Å². The molecule has 0 spiro atoms. The number of anilines is 1. The lowest BCUT2D eigenvalue weighted by molar-refractivity contribution is -0.130. The van der Waals surface area contributed by atoms with Gasteiger partial charge in [0.25, 0.3) is 0 Å².